The summed E-state index contributed by atoms with van der Waals surface area (Å²) < 4.78 is 32.2. The lowest BCUT2D eigenvalue weighted by molar-refractivity contribution is -0.140. The maximum Gasteiger partial charge on any atom is 0.242 e. The number of nitrogens with zero attached hydrogens (tertiary/aromatic N) is 2. The summed E-state index contributed by atoms with van der Waals surface area (Å²) in [6, 6.07) is 16.3. The van der Waals surface area contributed by atoms with E-state index in [1.807, 2.05) is 44.2 Å². The first-order valence-electron chi connectivity index (χ1n) is 13.5. The Kier molecular flexibility index (Phi) is 13.1. The predicted molar refractivity (Wildman–Crippen MR) is 153 cm³/mol. The maximum absolute atomic E-state index is 13.5. The molecule has 0 radical (unpaired) electrons. The smallest absolute Gasteiger partial charge is 0.242 e. The minimum absolute atomic E-state index is 0.121. The zero-order valence-corrected chi connectivity index (χ0v) is 24.0. The van der Waals surface area contributed by atoms with E-state index in [-0.39, 0.29) is 24.8 Å². The van der Waals surface area contributed by atoms with Gasteiger partial charge in [-0.15, -0.1) is 0 Å². The minimum Gasteiger partial charge on any atom is -0.492 e. The van der Waals surface area contributed by atoms with E-state index in [2.05, 4.69) is 12.2 Å². The Labute approximate surface area is 228 Å². The van der Waals surface area contributed by atoms with Gasteiger partial charge in [-0.3, -0.25) is 13.9 Å². The number of carbonyl (C=O) groups is 2. The molecular formula is C29H43N3O5S. The zero-order chi connectivity index (χ0) is 28.0. The molecule has 9 heteroatoms. The van der Waals surface area contributed by atoms with E-state index in [0.29, 0.717) is 50.4 Å². The van der Waals surface area contributed by atoms with Crippen molar-refractivity contribution in [3.05, 3.63) is 60.2 Å². The van der Waals surface area contributed by atoms with E-state index in [1.165, 1.54) is 4.31 Å². The van der Waals surface area contributed by atoms with Gasteiger partial charge in [-0.1, -0.05) is 62.7 Å². The Bertz CT molecular complexity index is 1110. The Hall–Kier alpha value is -3.07. The van der Waals surface area contributed by atoms with E-state index in [1.54, 1.807) is 29.2 Å². The van der Waals surface area contributed by atoms with Crippen LogP contribution in [0.5, 0.6) is 5.75 Å². The third-order valence-electron chi connectivity index (χ3n) is 6.29. The number of anilines is 1. The van der Waals surface area contributed by atoms with Crippen LogP contribution in [-0.2, 0) is 26.0 Å². The van der Waals surface area contributed by atoms with Crippen LogP contribution in [0.4, 0.5) is 5.69 Å². The molecule has 210 valence electrons. The molecule has 0 unspecified atom stereocenters. The fourth-order valence-corrected chi connectivity index (χ4v) is 5.29. The van der Waals surface area contributed by atoms with Gasteiger partial charge in [0.25, 0.3) is 0 Å². The quantitative estimate of drug-likeness (QED) is 0.297. The van der Waals surface area contributed by atoms with Crippen molar-refractivity contribution >= 4 is 27.5 Å². The molecule has 0 bridgehead atoms. The maximum atomic E-state index is 13.5. The highest BCUT2D eigenvalue weighted by atomic mass is 32.2. The predicted octanol–water partition coefficient (Wildman–Crippen LogP) is 4.40. The third-order valence-corrected chi connectivity index (χ3v) is 7.47. The van der Waals surface area contributed by atoms with Gasteiger partial charge < -0.3 is 15.0 Å². The van der Waals surface area contributed by atoms with Gasteiger partial charge in [0.05, 0.1) is 18.6 Å². The molecule has 0 saturated carbocycles. The summed E-state index contributed by atoms with van der Waals surface area (Å²) in [6.07, 6.45) is 4.55. The van der Waals surface area contributed by atoms with Crippen molar-refractivity contribution in [3.63, 3.8) is 0 Å². The van der Waals surface area contributed by atoms with E-state index in [4.69, 9.17) is 4.74 Å². The number of ether oxygens (including phenoxy) is 1. The molecule has 8 nitrogen and oxygen atoms in total. The van der Waals surface area contributed by atoms with Crippen molar-refractivity contribution in [3.8, 4) is 5.75 Å². The number of hydrogen-bond acceptors (Lipinski definition) is 5. The third kappa shape index (κ3) is 9.67. The van der Waals surface area contributed by atoms with Crippen LogP contribution in [-0.4, -0.2) is 63.7 Å². The lowest BCUT2D eigenvalue weighted by atomic mass is 10.1. The molecule has 1 atom stereocenters. The van der Waals surface area contributed by atoms with E-state index < -0.39 is 16.1 Å². The fourth-order valence-electron chi connectivity index (χ4n) is 4.33. The van der Waals surface area contributed by atoms with Crippen LogP contribution in [0.1, 0.15) is 58.4 Å². The molecule has 2 rings (SSSR count). The summed E-state index contributed by atoms with van der Waals surface area (Å²) in [5.41, 5.74) is 1.54. The summed E-state index contributed by atoms with van der Waals surface area (Å²) in [6.45, 7) is 7.32. The zero-order valence-electron chi connectivity index (χ0n) is 23.2. The highest BCUT2D eigenvalue weighted by Gasteiger charge is 2.28. The second kappa shape index (κ2) is 16.0. The SMILES string of the molecule is CCCCNC(=O)[C@H](CC)N(CCc1ccccc1)C(=O)CCCN(c1ccccc1OCC)S(C)(=O)=O. The van der Waals surface area contributed by atoms with E-state index in [9.17, 15) is 18.0 Å². The second-order valence-corrected chi connectivity index (χ2v) is 11.1. The topological polar surface area (TPSA) is 96.0 Å². The molecule has 2 amide bonds. The molecule has 0 aromatic heterocycles. The number of unbranched alkanes of at least 4 members (excludes halogenated alkanes) is 1. The average Bonchev–Trinajstić information content (AvgIpc) is 2.89. The number of carbonyl (C=O) groups excluding carboxylic acids is 2. The molecule has 0 fully saturated rings. The van der Waals surface area contributed by atoms with Gasteiger partial charge in [0, 0.05) is 26.1 Å². The van der Waals surface area contributed by atoms with Crippen molar-refractivity contribution in [1.82, 2.24) is 10.2 Å². The molecule has 0 aliphatic heterocycles. The number of sulfonamides is 1. The molecule has 38 heavy (non-hydrogen) atoms. The highest BCUT2D eigenvalue weighted by Crippen LogP contribution is 2.30. The van der Waals surface area contributed by atoms with Gasteiger partial charge in [-0.2, -0.15) is 0 Å². The fraction of sp³-hybridized carbons (Fsp3) is 0.517. The lowest BCUT2D eigenvalue weighted by Gasteiger charge is -2.31. The Balaban J connectivity index is 2.17. The molecule has 1 N–H and O–H groups in total. The second-order valence-electron chi connectivity index (χ2n) is 9.23. The van der Waals surface area contributed by atoms with E-state index in [0.717, 1.165) is 24.7 Å². The molecule has 0 spiro atoms. The van der Waals surface area contributed by atoms with Crippen LogP contribution < -0.4 is 14.4 Å². The largest absolute Gasteiger partial charge is 0.492 e. The first kappa shape index (κ1) is 31.1. The molecule has 0 saturated heterocycles. The molecule has 2 aromatic carbocycles. The van der Waals surface area contributed by atoms with Crippen molar-refractivity contribution in [1.29, 1.82) is 0 Å². The van der Waals surface area contributed by atoms with Crippen molar-refractivity contribution in [2.24, 2.45) is 0 Å². The minimum atomic E-state index is -3.61. The molecular weight excluding hydrogens is 502 g/mol. The summed E-state index contributed by atoms with van der Waals surface area (Å²) in [5.74, 6) is 0.168. The normalized spacial score (nSPS) is 12.0. The molecule has 0 aliphatic rings. The summed E-state index contributed by atoms with van der Waals surface area (Å²) in [4.78, 5) is 28.1. The highest BCUT2D eigenvalue weighted by molar-refractivity contribution is 7.92. The Morgan fingerprint density at radius 3 is 2.26 bits per heavy atom. The van der Waals surface area contributed by atoms with Crippen LogP contribution in [0.25, 0.3) is 0 Å². The van der Waals surface area contributed by atoms with Crippen LogP contribution in [0, 0.1) is 0 Å². The first-order chi connectivity index (χ1) is 18.2. The van der Waals surface area contributed by atoms with Crippen molar-refractivity contribution in [2.75, 3.05) is 36.8 Å². The molecule has 0 aliphatic carbocycles. The van der Waals surface area contributed by atoms with Gasteiger partial charge in [0.1, 0.15) is 11.8 Å². The first-order valence-corrected chi connectivity index (χ1v) is 15.4. The van der Waals surface area contributed by atoms with Crippen LogP contribution in [0.3, 0.4) is 0 Å². The number of rotatable bonds is 17. The Morgan fingerprint density at radius 2 is 1.63 bits per heavy atom. The van der Waals surface area contributed by atoms with Gasteiger partial charge in [0.2, 0.25) is 21.8 Å². The molecule has 0 heterocycles. The summed E-state index contributed by atoms with van der Waals surface area (Å²) in [5, 5.41) is 2.97. The summed E-state index contributed by atoms with van der Waals surface area (Å²) in [7, 11) is -3.61. The lowest BCUT2D eigenvalue weighted by Crippen LogP contribution is -2.50. The number of amides is 2. The number of para-hydroxylation sites is 2. The van der Waals surface area contributed by atoms with Gasteiger partial charge in [-0.25, -0.2) is 8.42 Å². The standard InChI is InChI=1S/C29H43N3O5S/c1-5-8-21-30-29(34)25(6-2)31(23-20-24-15-10-9-11-16-24)28(33)19-14-22-32(38(4,35)36)26-17-12-13-18-27(26)37-7-3/h9-13,15-18,25H,5-8,14,19-23H2,1-4H3,(H,30,34)/t25-/m0/s1. The number of nitrogens with one attached hydrogen (secondary N) is 1. The van der Waals surface area contributed by atoms with Crippen LogP contribution in [0.15, 0.2) is 54.6 Å². The van der Waals surface area contributed by atoms with Crippen LogP contribution in [0.2, 0.25) is 0 Å². The number of hydrogen-bond donors (Lipinski definition) is 1. The van der Waals surface area contributed by atoms with Gasteiger partial charge in [-0.05, 0) is 50.3 Å². The monoisotopic (exact) mass is 545 g/mol. The van der Waals surface area contributed by atoms with Crippen molar-refractivity contribution < 1.29 is 22.7 Å². The van der Waals surface area contributed by atoms with Crippen LogP contribution >= 0.6 is 0 Å². The number of benzene rings is 2. The van der Waals surface area contributed by atoms with Crippen molar-refractivity contribution in [2.45, 2.75) is 65.3 Å². The van der Waals surface area contributed by atoms with Gasteiger partial charge >= 0.3 is 0 Å². The summed E-state index contributed by atoms with van der Waals surface area (Å²) >= 11 is 0. The Morgan fingerprint density at radius 1 is 0.947 bits per heavy atom. The molecule has 2 aromatic rings. The van der Waals surface area contributed by atoms with E-state index >= 15 is 0 Å². The average molecular weight is 546 g/mol. The van der Waals surface area contributed by atoms with Gasteiger partial charge in [0.15, 0.2) is 0 Å².